The Labute approximate surface area is 191 Å². The summed E-state index contributed by atoms with van der Waals surface area (Å²) < 4.78 is 35.0. The number of hydrogen-bond donors (Lipinski definition) is 0. The first-order chi connectivity index (χ1) is 16.0. The number of carbonyl (C=O) groups is 1. The molecule has 172 valence electrons. The van der Waals surface area contributed by atoms with Gasteiger partial charge in [-0.2, -0.15) is 5.10 Å². The lowest BCUT2D eigenvalue weighted by Crippen LogP contribution is -2.48. The predicted molar refractivity (Wildman–Crippen MR) is 120 cm³/mol. The van der Waals surface area contributed by atoms with Gasteiger partial charge >= 0.3 is 0 Å². The van der Waals surface area contributed by atoms with Crippen LogP contribution in [0.25, 0.3) is 5.69 Å². The Balaban J connectivity index is 1.28. The predicted octanol–water partition coefficient (Wildman–Crippen LogP) is 3.61. The molecule has 2 aliphatic rings. The number of benzene rings is 2. The summed E-state index contributed by atoms with van der Waals surface area (Å²) >= 11 is 0. The lowest BCUT2D eigenvalue weighted by atomic mass is 10.1. The van der Waals surface area contributed by atoms with E-state index in [1.54, 1.807) is 28.9 Å². The van der Waals surface area contributed by atoms with Crippen molar-refractivity contribution < 1.29 is 18.3 Å². The minimum Gasteiger partial charge on any atom is -0.494 e. The van der Waals surface area contributed by atoms with Crippen LogP contribution in [0.15, 0.2) is 42.5 Å². The zero-order chi connectivity index (χ0) is 22.9. The number of nitrogens with zero attached hydrogens (tertiary/aromatic N) is 4. The van der Waals surface area contributed by atoms with E-state index in [0.717, 1.165) is 36.1 Å². The van der Waals surface area contributed by atoms with Crippen LogP contribution in [-0.4, -0.2) is 58.8 Å². The third-order valence-electron chi connectivity index (χ3n) is 6.50. The molecule has 1 fully saturated rings. The minimum absolute atomic E-state index is 0.0987. The van der Waals surface area contributed by atoms with E-state index in [4.69, 9.17) is 4.74 Å². The standard InChI is InChI=1S/C25H26F2N4O2/c1-33-23-10-9-17(15-20(23)27)16-29-11-13-30(14-12-29)25(32)24-18-5-4-8-21(18)31(28-24)22-7-3-2-6-19(22)26/h2-3,6-7,9-10,15H,4-5,8,11-14,16H2,1H3. The minimum atomic E-state index is -0.372. The van der Waals surface area contributed by atoms with Gasteiger partial charge in [-0.25, -0.2) is 13.5 Å². The molecule has 0 bridgehead atoms. The molecule has 2 heterocycles. The fourth-order valence-electron chi connectivity index (χ4n) is 4.76. The van der Waals surface area contributed by atoms with Crippen LogP contribution in [0.2, 0.25) is 0 Å². The number of carbonyl (C=O) groups excluding carboxylic acids is 1. The first kappa shape index (κ1) is 21.6. The highest BCUT2D eigenvalue weighted by Gasteiger charge is 2.31. The lowest BCUT2D eigenvalue weighted by molar-refractivity contribution is 0.0621. The van der Waals surface area contributed by atoms with Crippen molar-refractivity contribution in [3.63, 3.8) is 0 Å². The number of hydrogen-bond acceptors (Lipinski definition) is 4. The van der Waals surface area contributed by atoms with Gasteiger partial charge in [-0.15, -0.1) is 0 Å². The van der Waals surface area contributed by atoms with Crippen molar-refractivity contribution in [1.82, 2.24) is 19.6 Å². The second-order valence-electron chi connectivity index (χ2n) is 8.53. The Morgan fingerprint density at radius 3 is 2.55 bits per heavy atom. The number of amides is 1. The molecular weight excluding hydrogens is 426 g/mol. The highest BCUT2D eigenvalue weighted by atomic mass is 19.1. The molecule has 6 nitrogen and oxygen atoms in total. The van der Waals surface area contributed by atoms with Crippen LogP contribution in [0.4, 0.5) is 8.78 Å². The summed E-state index contributed by atoms with van der Waals surface area (Å²) in [5.74, 6) is -0.588. The van der Waals surface area contributed by atoms with E-state index < -0.39 is 0 Å². The van der Waals surface area contributed by atoms with E-state index in [9.17, 15) is 13.6 Å². The number of methoxy groups -OCH3 is 1. The zero-order valence-corrected chi connectivity index (χ0v) is 18.6. The molecule has 1 aliphatic carbocycles. The summed E-state index contributed by atoms with van der Waals surface area (Å²) in [6, 6.07) is 11.5. The van der Waals surface area contributed by atoms with Crippen molar-refractivity contribution in [2.45, 2.75) is 25.8 Å². The normalized spacial score (nSPS) is 16.2. The third-order valence-corrected chi connectivity index (χ3v) is 6.50. The molecule has 5 rings (SSSR count). The van der Waals surface area contributed by atoms with Gasteiger partial charge in [0.2, 0.25) is 0 Å². The van der Waals surface area contributed by atoms with Crippen LogP contribution in [-0.2, 0) is 19.4 Å². The summed E-state index contributed by atoms with van der Waals surface area (Å²) in [4.78, 5) is 17.4. The van der Waals surface area contributed by atoms with Crippen molar-refractivity contribution >= 4 is 5.91 Å². The quantitative estimate of drug-likeness (QED) is 0.594. The van der Waals surface area contributed by atoms with Crippen molar-refractivity contribution in [1.29, 1.82) is 0 Å². The van der Waals surface area contributed by atoms with E-state index in [2.05, 4.69) is 10.00 Å². The zero-order valence-electron chi connectivity index (χ0n) is 18.6. The number of ether oxygens (including phenoxy) is 1. The van der Waals surface area contributed by atoms with E-state index in [-0.39, 0.29) is 23.3 Å². The average molecular weight is 453 g/mol. The second kappa shape index (κ2) is 8.94. The molecule has 0 unspecified atom stereocenters. The monoisotopic (exact) mass is 452 g/mol. The summed E-state index contributed by atoms with van der Waals surface area (Å²) in [6.07, 6.45) is 2.51. The van der Waals surface area contributed by atoms with Crippen LogP contribution >= 0.6 is 0 Å². The third kappa shape index (κ3) is 4.11. The maximum absolute atomic E-state index is 14.4. The molecular formula is C25H26F2N4O2. The largest absolute Gasteiger partial charge is 0.494 e. The Bertz CT molecular complexity index is 1190. The maximum atomic E-state index is 14.4. The lowest BCUT2D eigenvalue weighted by Gasteiger charge is -2.34. The topological polar surface area (TPSA) is 50.6 Å². The molecule has 1 saturated heterocycles. The SMILES string of the molecule is COc1ccc(CN2CCN(C(=O)c3nn(-c4ccccc4F)c4c3CCC4)CC2)cc1F. The number of rotatable bonds is 5. The molecule has 1 aliphatic heterocycles. The first-order valence-corrected chi connectivity index (χ1v) is 11.2. The van der Waals surface area contributed by atoms with Gasteiger partial charge in [-0.1, -0.05) is 18.2 Å². The summed E-state index contributed by atoms with van der Waals surface area (Å²) in [5, 5.41) is 4.57. The van der Waals surface area contributed by atoms with Crippen LogP contribution in [0.1, 0.15) is 33.7 Å². The van der Waals surface area contributed by atoms with Gasteiger partial charge in [0.15, 0.2) is 17.3 Å². The fourth-order valence-corrected chi connectivity index (χ4v) is 4.76. The smallest absolute Gasteiger partial charge is 0.274 e. The van der Waals surface area contributed by atoms with E-state index in [0.29, 0.717) is 44.1 Å². The number of para-hydroxylation sites is 1. The van der Waals surface area contributed by atoms with Gasteiger partial charge < -0.3 is 9.64 Å². The van der Waals surface area contributed by atoms with E-state index in [1.165, 1.54) is 19.2 Å². The Morgan fingerprint density at radius 1 is 1.03 bits per heavy atom. The van der Waals surface area contributed by atoms with Gasteiger partial charge in [-0.3, -0.25) is 9.69 Å². The Hall–Kier alpha value is -3.26. The Morgan fingerprint density at radius 2 is 1.82 bits per heavy atom. The number of fused-ring (bicyclic) bond motifs is 1. The van der Waals surface area contributed by atoms with Gasteiger partial charge in [0, 0.05) is 44.0 Å². The van der Waals surface area contributed by atoms with Crippen molar-refractivity contribution in [2.24, 2.45) is 0 Å². The molecule has 1 amide bonds. The fraction of sp³-hybridized carbons (Fsp3) is 0.360. The van der Waals surface area contributed by atoms with Gasteiger partial charge in [0.05, 0.1) is 7.11 Å². The van der Waals surface area contributed by atoms with Crippen molar-refractivity contribution in [3.8, 4) is 11.4 Å². The summed E-state index contributed by atoms with van der Waals surface area (Å²) in [6.45, 7) is 3.13. The molecule has 0 N–H and O–H groups in total. The molecule has 0 spiro atoms. The van der Waals surface area contributed by atoms with E-state index in [1.807, 2.05) is 11.0 Å². The number of aromatic nitrogens is 2. The van der Waals surface area contributed by atoms with Crippen molar-refractivity contribution in [3.05, 3.63) is 76.6 Å². The molecule has 0 atom stereocenters. The van der Waals surface area contributed by atoms with Crippen LogP contribution in [0.3, 0.4) is 0 Å². The van der Waals surface area contributed by atoms with Gasteiger partial charge in [-0.05, 0) is 49.1 Å². The molecule has 3 aromatic rings. The number of piperazine rings is 1. The van der Waals surface area contributed by atoms with Crippen LogP contribution in [0, 0.1) is 11.6 Å². The van der Waals surface area contributed by atoms with Crippen LogP contribution in [0.5, 0.6) is 5.75 Å². The van der Waals surface area contributed by atoms with Crippen LogP contribution < -0.4 is 4.74 Å². The van der Waals surface area contributed by atoms with Gasteiger partial charge in [0.1, 0.15) is 11.5 Å². The number of halogens is 2. The first-order valence-electron chi connectivity index (χ1n) is 11.2. The highest BCUT2D eigenvalue weighted by Crippen LogP contribution is 2.29. The molecule has 33 heavy (non-hydrogen) atoms. The molecule has 2 aromatic carbocycles. The highest BCUT2D eigenvalue weighted by molar-refractivity contribution is 5.94. The van der Waals surface area contributed by atoms with E-state index >= 15 is 0 Å². The maximum Gasteiger partial charge on any atom is 0.274 e. The molecule has 0 radical (unpaired) electrons. The summed E-state index contributed by atoms with van der Waals surface area (Å²) in [7, 11) is 1.45. The second-order valence-corrected chi connectivity index (χ2v) is 8.53. The Kier molecular flexibility index (Phi) is 5.85. The molecule has 0 saturated carbocycles. The summed E-state index contributed by atoms with van der Waals surface area (Å²) in [5.41, 5.74) is 3.57. The molecule has 8 heteroatoms. The average Bonchev–Trinajstić information content (AvgIpc) is 3.43. The van der Waals surface area contributed by atoms with Crippen molar-refractivity contribution in [2.75, 3.05) is 33.3 Å². The molecule has 1 aromatic heterocycles. The van der Waals surface area contributed by atoms with Gasteiger partial charge in [0.25, 0.3) is 5.91 Å².